The number of imide groups is 1. The van der Waals surface area contributed by atoms with Crippen molar-refractivity contribution in [3.8, 4) is 11.8 Å². The topological polar surface area (TPSA) is 113 Å². The van der Waals surface area contributed by atoms with Gasteiger partial charge in [0.25, 0.3) is 5.91 Å². The lowest BCUT2D eigenvalue weighted by molar-refractivity contribution is -0.136. The van der Waals surface area contributed by atoms with Crippen molar-refractivity contribution < 1.29 is 31.9 Å². The average Bonchev–Trinajstić information content (AvgIpc) is 3.12. The Hall–Kier alpha value is -4.33. The predicted molar refractivity (Wildman–Crippen MR) is 135 cm³/mol. The minimum absolute atomic E-state index is 0.142. The number of nitriles is 1. The van der Waals surface area contributed by atoms with E-state index in [0.717, 1.165) is 4.90 Å². The van der Waals surface area contributed by atoms with Gasteiger partial charge in [0.15, 0.2) is 0 Å². The number of carbonyl (C=O) groups is 2. The number of fused-ring (bicyclic) bond motifs is 1. The number of nitrogens with zero attached hydrogens (tertiary/aromatic N) is 2. The lowest BCUT2D eigenvalue weighted by Gasteiger charge is -2.22. The summed E-state index contributed by atoms with van der Waals surface area (Å²) in [5, 5.41) is 11.5. The predicted octanol–water partition coefficient (Wildman–Crippen LogP) is 5.26. The number of hydrogen-bond donors (Lipinski definition) is 1. The number of aryl methyl sites for hydroxylation is 1. The van der Waals surface area contributed by atoms with Gasteiger partial charge in [-0.25, -0.2) is 9.59 Å². The zero-order valence-electron chi connectivity index (χ0n) is 21.4. The van der Waals surface area contributed by atoms with Gasteiger partial charge in [0.1, 0.15) is 16.9 Å². The monoisotopic (exact) mass is 541 g/mol. The number of rotatable bonds is 9. The van der Waals surface area contributed by atoms with E-state index >= 15 is 0 Å². The molecule has 0 saturated carbocycles. The van der Waals surface area contributed by atoms with Gasteiger partial charge in [-0.1, -0.05) is 25.5 Å². The van der Waals surface area contributed by atoms with Crippen molar-refractivity contribution in [2.45, 2.75) is 51.2 Å². The maximum Gasteiger partial charge on any atom is 0.417 e. The van der Waals surface area contributed by atoms with E-state index in [1.54, 1.807) is 31.2 Å². The first-order valence-corrected chi connectivity index (χ1v) is 12.4. The van der Waals surface area contributed by atoms with E-state index in [1.165, 1.54) is 12.1 Å². The van der Waals surface area contributed by atoms with Crippen molar-refractivity contribution in [3.05, 3.63) is 75.1 Å². The number of unbranched alkanes of at least 4 members (excludes halogenated alkanes) is 1. The molecule has 0 bridgehead atoms. The molecule has 2 aromatic carbocycles. The summed E-state index contributed by atoms with van der Waals surface area (Å²) in [6.45, 7) is 3.76. The van der Waals surface area contributed by atoms with Gasteiger partial charge in [0.05, 0.1) is 23.8 Å². The second-order valence-electron chi connectivity index (χ2n) is 9.40. The fourth-order valence-corrected chi connectivity index (χ4v) is 4.65. The van der Waals surface area contributed by atoms with Crippen LogP contribution in [0, 0.1) is 11.3 Å². The van der Waals surface area contributed by atoms with Gasteiger partial charge in [-0.3, -0.25) is 9.69 Å². The molecule has 204 valence electrons. The third-order valence-electron chi connectivity index (χ3n) is 6.68. The van der Waals surface area contributed by atoms with Crippen LogP contribution in [0.1, 0.15) is 55.4 Å². The first kappa shape index (κ1) is 27.7. The number of benzene rings is 2. The quantitative estimate of drug-likeness (QED) is 0.225. The molecule has 1 N–H and O–H groups in total. The highest BCUT2D eigenvalue weighted by Crippen LogP contribution is 2.37. The van der Waals surface area contributed by atoms with E-state index in [9.17, 15) is 27.6 Å². The molecule has 0 aliphatic carbocycles. The Balaban J connectivity index is 1.42. The Labute approximate surface area is 222 Å². The molecule has 11 heteroatoms. The largest absolute Gasteiger partial charge is 0.493 e. The molecule has 1 aliphatic rings. The van der Waals surface area contributed by atoms with E-state index in [0.29, 0.717) is 54.2 Å². The lowest BCUT2D eigenvalue weighted by atomic mass is 9.91. The highest BCUT2D eigenvalue weighted by atomic mass is 19.4. The molecule has 1 fully saturated rings. The molecule has 1 saturated heterocycles. The van der Waals surface area contributed by atoms with Crippen molar-refractivity contribution in [2.24, 2.45) is 0 Å². The molecule has 1 unspecified atom stereocenters. The molecule has 3 amide bonds. The molecule has 3 aromatic rings. The third kappa shape index (κ3) is 5.46. The number of halogens is 3. The van der Waals surface area contributed by atoms with E-state index in [4.69, 9.17) is 14.4 Å². The maximum absolute atomic E-state index is 13.5. The van der Waals surface area contributed by atoms with E-state index in [-0.39, 0.29) is 24.1 Å². The van der Waals surface area contributed by atoms with Gasteiger partial charge in [-0.15, -0.1) is 0 Å². The van der Waals surface area contributed by atoms with Gasteiger partial charge in [-0.2, -0.15) is 18.4 Å². The fraction of sp³-hybridized carbons (Fsp3) is 0.357. The number of ether oxygens (including phenoxy) is 1. The van der Waals surface area contributed by atoms with E-state index < -0.39 is 34.8 Å². The second kappa shape index (κ2) is 10.8. The van der Waals surface area contributed by atoms with Gasteiger partial charge in [-0.05, 0) is 56.0 Å². The number of carbonyl (C=O) groups excluding carboxylic acids is 2. The van der Waals surface area contributed by atoms with Gasteiger partial charge >= 0.3 is 17.8 Å². The van der Waals surface area contributed by atoms with Crippen LogP contribution < -0.4 is 15.7 Å². The molecule has 1 atom stereocenters. The molecule has 8 nitrogen and oxygen atoms in total. The number of alkyl halides is 3. The fourth-order valence-electron chi connectivity index (χ4n) is 4.65. The minimum Gasteiger partial charge on any atom is -0.493 e. The molecule has 1 aromatic heterocycles. The Kier molecular flexibility index (Phi) is 7.67. The van der Waals surface area contributed by atoms with Gasteiger partial charge in [0, 0.05) is 23.6 Å². The van der Waals surface area contributed by atoms with Crippen LogP contribution in [-0.4, -0.2) is 30.0 Å². The van der Waals surface area contributed by atoms with E-state index in [1.807, 2.05) is 13.0 Å². The van der Waals surface area contributed by atoms with Crippen LogP contribution in [-0.2, 0) is 22.9 Å². The van der Waals surface area contributed by atoms with Crippen LogP contribution in [0.25, 0.3) is 11.0 Å². The summed E-state index contributed by atoms with van der Waals surface area (Å²) in [7, 11) is 0. The lowest BCUT2D eigenvalue weighted by Crippen LogP contribution is -2.41. The molecule has 1 aliphatic heterocycles. The first-order valence-electron chi connectivity index (χ1n) is 12.4. The van der Waals surface area contributed by atoms with Crippen LogP contribution in [0.4, 0.5) is 18.0 Å². The summed E-state index contributed by atoms with van der Waals surface area (Å²) >= 11 is 0. The number of urea groups is 1. The number of hydrogen-bond acceptors (Lipinski definition) is 6. The summed E-state index contributed by atoms with van der Waals surface area (Å²) in [6.07, 6.45) is -2.92. The zero-order valence-corrected chi connectivity index (χ0v) is 21.4. The molecule has 4 rings (SSSR count). The van der Waals surface area contributed by atoms with Crippen LogP contribution >= 0.6 is 0 Å². The van der Waals surface area contributed by atoms with Crippen molar-refractivity contribution in [3.63, 3.8) is 0 Å². The SMILES string of the molecule is CCCc1c(OCCCCN2C(=O)NC(C)(c3ccc(C#N)cc3)C2=O)ccc2c(C(F)(F)F)cc(=O)oc12. The van der Waals surface area contributed by atoms with Crippen LogP contribution in [0.2, 0.25) is 0 Å². The molecular formula is C28H26F3N3O5. The van der Waals surface area contributed by atoms with Crippen molar-refractivity contribution in [1.29, 1.82) is 5.26 Å². The summed E-state index contributed by atoms with van der Waals surface area (Å²) in [4.78, 5) is 38.6. The third-order valence-corrected chi connectivity index (χ3v) is 6.68. The molecular weight excluding hydrogens is 515 g/mol. The van der Waals surface area contributed by atoms with Crippen molar-refractivity contribution in [1.82, 2.24) is 10.2 Å². The Morgan fingerprint density at radius 2 is 1.82 bits per heavy atom. The van der Waals surface area contributed by atoms with Gasteiger partial charge < -0.3 is 14.5 Å². The molecule has 39 heavy (non-hydrogen) atoms. The summed E-state index contributed by atoms with van der Waals surface area (Å²) in [5.74, 6) is -0.0939. The Morgan fingerprint density at radius 3 is 2.46 bits per heavy atom. The molecule has 0 spiro atoms. The standard InChI is InChI=1S/C28H26F3N3O5/c1-3-6-20-22(12-11-19-21(28(29,30)31)15-23(35)39-24(19)20)38-14-5-4-13-34-25(36)27(2,33-26(34)37)18-9-7-17(16-32)8-10-18/h7-12,15H,3-6,13-14H2,1-2H3,(H,33,37). The summed E-state index contributed by atoms with van der Waals surface area (Å²) in [5.41, 5.74) is -2.16. The normalized spacial score (nSPS) is 17.4. The van der Waals surface area contributed by atoms with Crippen LogP contribution in [0.15, 0.2) is 51.7 Å². The summed E-state index contributed by atoms with van der Waals surface area (Å²) < 4.78 is 51.5. The summed E-state index contributed by atoms with van der Waals surface area (Å²) in [6, 6.07) is 11.0. The Bertz CT molecular complexity index is 1510. The smallest absolute Gasteiger partial charge is 0.417 e. The molecule has 0 radical (unpaired) electrons. The van der Waals surface area contributed by atoms with Crippen molar-refractivity contribution in [2.75, 3.05) is 13.2 Å². The van der Waals surface area contributed by atoms with Gasteiger partial charge in [0.2, 0.25) is 0 Å². The number of nitrogens with one attached hydrogen (secondary N) is 1. The average molecular weight is 542 g/mol. The molecule has 2 heterocycles. The zero-order chi connectivity index (χ0) is 28.4. The van der Waals surface area contributed by atoms with Crippen LogP contribution in [0.5, 0.6) is 5.75 Å². The van der Waals surface area contributed by atoms with Crippen molar-refractivity contribution >= 4 is 22.9 Å². The minimum atomic E-state index is -4.71. The van der Waals surface area contributed by atoms with Crippen LogP contribution in [0.3, 0.4) is 0 Å². The highest BCUT2D eigenvalue weighted by molar-refractivity contribution is 6.07. The van der Waals surface area contributed by atoms with E-state index in [2.05, 4.69) is 5.32 Å². The Morgan fingerprint density at radius 1 is 1.10 bits per heavy atom. The highest BCUT2D eigenvalue weighted by Gasteiger charge is 2.48. The second-order valence-corrected chi connectivity index (χ2v) is 9.40. The first-order chi connectivity index (χ1) is 18.5. The number of amides is 3. The maximum atomic E-state index is 13.5.